The largest absolute Gasteiger partial charge is 0.457 e. The van der Waals surface area contributed by atoms with E-state index in [9.17, 15) is 8.78 Å². The lowest BCUT2D eigenvalue weighted by atomic mass is 10.1. The molecule has 0 fully saturated rings. The first kappa shape index (κ1) is 17.2. The molecule has 130 valence electrons. The molecule has 9 heteroatoms. The molecule has 3 aromatic rings. The maximum Gasteiger partial charge on any atom is 0.317 e. The van der Waals surface area contributed by atoms with Gasteiger partial charge in [0.2, 0.25) is 0 Å². The van der Waals surface area contributed by atoms with Crippen molar-refractivity contribution in [1.29, 1.82) is 0 Å². The van der Waals surface area contributed by atoms with E-state index < -0.39 is 5.92 Å². The number of rotatable bonds is 5. The fourth-order valence-corrected chi connectivity index (χ4v) is 2.14. The Bertz CT molecular complexity index is 894. The summed E-state index contributed by atoms with van der Waals surface area (Å²) in [5.41, 5.74) is 1.50. The van der Waals surface area contributed by atoms with Crippen LogP contribution in [0.4, 0.5) is 8.78 Å². The average molecular weight is 366 g/mol. The van der Waals surface area contributed by atoms with Crippen LogP contribution in [0.15, 0.2) is 36.7 Å². The molecule has 0 saturated carbocycles. The zero-order chi connectivity index (χ0) is 18.0. The minimum Gasteiger partial charge on any atom is -0.457 e. The molecule has 0 spiro atoms. The van der Waals surface area contributed by atoms with Crippen LogP contribution in [0.5, 0.6) is 6.01 Å². The maximum absolute atomic E-state index is 13.4. The van der Waals surface area contributed by atoms with E-state index in [1.807, 2.05) is 0 Å². The summed E-state index contributed by atoms with van der Waals surface area (Å²) >= 11 is 5.85. The molecule has 3 rings (SSSR count). The van der Waals surface area contributed by atoms with Gasteiger partial charge in [0.05, 0.1) is 28.8 Å². The zero-order valence-electron chi connectivity index (χ0n) is 13.4. The molecule has 0 atom stereocenters. The molecule has 0 amide bonds. The smallest absolute Gasteiger partial charge is 0.317 e. The molecule has 2 heterocycles. The highest BCUT2D eigenvalue weighted by Crippen LogP contribution is 2.28. The molecule has 25 heavy (non-hydrogen) atoms. The Morgan fingerprint density at radius 2 is 2.12 bits per heavy atom. The summed E-state index contributed by atoms with van der Waals surface area (Å²) in [4.78, 5) is 8.04. The summed E-state index contributed by atoms with van der Waals surface area (Å²) in [6, 6.07) is 6.12. The van der Waals surface area contributed by atoms with Crippen LogP contribution in [-0.2, 0) is 12.5 Å². The minimum atomic E-state index is -2.92. The highest BCUT2D eigenvalue weighted by molar-refractivity contribution is 6.31. The molecule has 0 unspecified atom stereocenters. The summed E-state index contributed by atoms with van der Waals surface area (Å²) in [6.45, 7) is 2.68. The molecule has 0 saturated heterocycles. The van der Waals surface area contributed by atoms with Crippen LogP contribution in [0.2, 0.25) is 5.02 Å². The van der Waals surface area contributed by atoms with Gasteiger partial charge in [-0.05, 0) is 19.1 Å². The van der Waals surface area contributed by atoms with Crippen molar-refractivity contribution >= 4 is 11.6 Å². The van der Waals surface area contributed by atoms with E-state index in [1.54, 1.807) is 25.3 Å². The number of halogens is 3. The Labute approximate surface area is 147 Å². The van der Waals surface area contributed by atoms with E-state index in [0.717, 1.165) is 6.92 Å². The highest BCUT2D eigenvalue weighted by Gasteiger charge is 2.24. The number of benzene rings is 1. The topological polar surface area (TPSA) is 65.7 Å². The van der Waals surface area contributed by atoms with Crippen molar-refractivity contribution in [3.05, 3.63) is 58.6 Å². The first-order valence-electron chi connectivity index (χ1n) is 7.35. The molecule has 0 aliphatic rings. The summed E-state index contributed by atoms with van der Waals surface area (Å²) in [6.07, 6.45) is 3.04. The van der Waals surface area contributed by atoms with Gasteiger partial charge in [-0.15, -0.1) is 5.10 Å². The van der Waals surface area contributed by atoms with Gasteiger partial charge in [-0.25, -0.2) is 18.4 Å². The molecule has 0 aliphatic heterocycles. The normalized spacial score (nSPS) is 11.6. The van der Waals surface area contributed by atoms with Crippen LogP contribution in [0, 0.1) is 6.92 Å². The van der Waals surface area contributed by atoms with Gasteiger partial charge in [-0.3, -0.25) is 0 Å². The third-order valence-corrected chi connectivity index (χ3v) is 3.78. The molecular weight excluding hydrogens is 352 g/mol. The average Bonchev–Trinajstić information content (AvgIpc) is 3.04. The molecule has 6 nitrogen and oxygen atoms in total. The Kier molecular flexibility index (Phi) is 4.63. The fourth-order valence-electron chi connectivity index (χ4n) is 2.05. The van der Waals surface area contributed by atoms with Gasteiger partial charge < -0.3 is 4.74 Å². The Morgan fingerprint density at radius 3 is 2.84 bits per heavy atom. The lowest BCUT2D eigenvalue weighted by Crippen LogP contribution is -2.08. The van der Waals surface area contributed by atoms with Gasteiger partial charge in [-0.1, -0.05) is 28.9 Å². The second kappa shape index (κ2) is 6.72. The van der Waals surface area contributed by atoms with Crippen LogP contribution in [0.25, 0.3) is 5.69 Å². The van der Waals surface area contributed by atoms with Crippen LogP contribution in [-0.4, -0.2) is 25.0 Å². The number of hydrogen-bond acceptors (Lipinski definition) is 5. The van der Waals surface area contributed by atoms with E-state index in [-0.39, 0.29) is 18.2 Å². The van der Waals surface area contributed by atoms with E-state index in [1.165, 1.54) is 23.0 Å². The Balaban J connectivity index is 1.73. The van der Waals surface area contributed by atoms with Crippen molar-refractivity contribution in [3.8, 4) is 11.7 Å². The zero-order valence-corrected chi connectivity index (χ0v) is 14.2. The predicted octanol–water partition coefficient (Wildman–Crippen LogP) is 3.71. The number of alkyl halides is 2. The lowest BCUT2D eigenvalue weighted by molar-refractivity contribution is 0.0174. The van der Waals surface area contributed by atoms with Crippen LogP contribution in [0.1, 0.15) is 23.9 Å². The van der Waals surface area contributed by atoms with Crippen LogP contribution >= 0.6 is 11.6 Å². The van der Waals surface area contributed by atoms with E-state index in [0.29, 0.717) is 22.1 Å². The third-order valence-electron chi connectivity index (χ3n) is 3.40. The standard InChI is InChI=1S/C16H14ClF2N5O/c1-10-14(17)7-20-15(21-10)25-9-12-8-24(23-22-12)13-5-3-4-11(6-13)16(2,18)19/h3-8H,9H2,1-2H3. The maximum atomic E-state index is 13.4. The quantitative estimate of drug-likeness (QED) is 0.689. The van der Waals surface area contributed by atoms with E-state index in [4.69, 9.17) is 16.3 Å². The second-order valence-corrected chi connectivity index (χ2v) is 5.87. The number of aromatic nitrogens is 5. The summed E-state index contributed by atoms with van der Waals surface area (Å²) in [5, 5.41) is 8.34. The number of aryl methyl sites for hydroxylation is 1. The van der Waals surface area contributed by atoms with Gasteiger partial charge in [0.25, 0.3) is 5.92 Å². The van der Waals surface area contributed by atoms with E-state index >= 15 is 0 Å². The van der Waals surface area contributed by atoms with Crippen molar-refractivity contribution < 1.29 is 13.5 Å². The van der Waals surface area contributed by atoms with Gasteiger partial charge in [0.1, 0.15) is 12.3 Å². The van der Waals surface area contributed by atoms with Gasteiger partial charge in [0, 0.05) is 12.5 Å². The minimum absolute atomic E-state index is 0.0880. The molecule has 0 N–H and O–H groups in total. The Morgan fingerprint density at radius 1 is 1.32 bits per heavy atom. The van der Waals surface area contributed by atoms with Gasteiger partial charge >= 0.3 is 6.01 Å². The van der Waals surface area contributed by atoms with Crippen LogP contribution < -0.4 is 4.74 Å². The molecule has 2 aromatic heterocycles. The second-order valence-electron chi connectivity index (χ2n) is 5.47. The monoisotopic (exact) mass is 365 g/mol. The SMILES string of the molecule is Cc1nc(OCc2cn(-c3cccc(C(C)(F)F)c3)nn2)ncc1Cl. The first-order valence-corrected chi connectivity index (χ1v) is 7.72. The highest BCUT2D eigenvalue weighted by atomic mass is 35.5. The van der Waals surface area contributed by atoms with Crippen molar-refractivity contribution in [2.24, 2.45) is 0 Å². The summed E-state index contributed by atoms with van der Waals surface area (Å²) in [7, 11) is 0. The molecule has 0 bridgehead atoms. The van der Waals surface area contributed by atoms with Crippen LogP contribution in [0.3, 0.4) is 0 Å². The Hall–Kier alpha value is -2.61. The van der Waals surface area contributed by atoms with Gasteiger partial charge in [-0.2, -0.15) is 4.98 Å². The number of hydrogen-bond donors (Lipinski definition) is 0. The van der Waals surface area contributed by atoms with Gasteiger partial charge in [0.15, 0.2) is 0 Å². The third kappa shape index (κ3) is 4.08. The van der Waals surface area contributed by atoms with Crippen molar-refractivity contribution in [2.75, 3.05) is 0 Å². The summed E-state index contributed by atoms with van der Waals surface area (Å²) in [5.74, 6) is -2.92. The first-order chi connectivity index (χ1) is 11.8. The summed E-state index contributed by atoms with van der Waals surface area (Å²) < 4.78 is 33.7. The molecule has 0 radical (unpaired) electrons. The van der Waals surface area contributed by atoms with Crippen molar-refractivity contribution in [3.63, 3.8) is 0 Å². The van der Waals surface area contributed by atoms with Crippen molar-refractivity contribution in [1.82, 2.24) is 25.0 Å². The molecule has 1 aromatic carbocycles. The number of ether oxygens (including phenoxy) is 1. The van der Waals surface area contributed by atoms with Crippen molar-refractivity contribution in [2.45, 2.75) is 26.4 Å². The molecule has 0 aliphatic carbocycles. The lowest BCUT2D eigenvalue weighted by Gasteiger charge is -2.11. The predicted molar refractivity (Wildman–Crippen MR) is 87.0 cm³/mol. The molecular formula is C16H14ClF2N5O. The van der Waals surface area contributed by atoms with E-state index in [2.05, 4.69) is 20.3 Å². The fraction of sp³-hybridized carbons (Fsp3) is 0.250. The number of nitrogens with zero attached hydrogens (tertiary/aromatic N) is 5.